The van der Waals surface area contributed by atoms with Crippen LogP contribution in [0.1, 0.15) is 0 Å². The Morgan fingerprint density at radius 1 is 1.12 bits per heavy atom. The molecule has 82 valence electrons. The van der Waals surface area contributed by atoms with Crippen molar-refractivity contribution < 1.29 is 5.11 Å². The fourth-order valence-corrected chi connectivity index (χ4v) is 1.47. The largest absolute Gasteiger partial charge is 0.377 e. The molecule has 0 saturated heterocycles. The first-order valence-electron chi connectivity index (χ1n) is 4.94. The number of hydrogen-bond acceptors (Lipinski definition) is 3. The summed E-state index contributed by atoms with van der Waals surface area (Å²) < 4.78 is 1.56. The Hall–Kier alpha value is -2.07. The molecule has 0 aliphatic carbocycles. The van der Waals surface area contributed by atoms with E-state index in [1.165, 1.54) is 6.07 Å². The molecule has 2 aromatic rings. The summed E-state index contributed by atoms with van der Waals surface area (Å²) in [7, 11) is 0. The number of aliphatic hydroxyl groups excluding tert-OH is 1. The first kappa shape index (κ1) is 10.4. The van der Waals surface area contributed by atoms with Crippen LogP contribution in [0.25, 0.3) is 5.69 Å². The molecular weight excluding hydrogens is 204 g/mol. The van der Waals surface area contributed by atoms with Crippen LogP contribution in [0.2, 0.25) is 0 Å². The zero-order valence-corrected chi connectivity index (χ0v) is 8.63. The summed E-state index contributed by atoms with van der Waals surface area (Å²) in [4.78, 5) is 11.5. The minimum Gasteiger partial charge on any atom is -0.377 e. The van der Waals surface area contributed by atoms with Gasteiger partial charge in [0.05, 0.1) is 0 Å². The van der Waals surface area contributed by atoms with Crippen LogP contribution >= 0.6 is 0 Å². The van der Waals surface area contributed by atoms with Gasteiger partial charge in [0.25, 0.3) is 5.56 Å². The van der Waals surface area contributed by atoms with Crippen molar-refractivity contribution >= 4 is 5.69 Å². The lowest BCUT2D eigenvalue weighted by atomic mass is 10.2. The van der Waals surface area contributed by atoms with Crippen LogP contribution in [0.5, 0.6) is 0 Å². The van der Waals surface area contributed by atoms with Gasteiger partial charge < -0.3 is 10.4 Å². The van der Waals surface area contributed by atoms with Gasteiger partial charge in [0, 0.05) is 23.6 Å². The van der Waals surface area contributed by atoms with Gasteiger partial charge in [0.2, 0.25) is 0 Å². The highest BCUT2D eigenvalue weighted by Gasteiger charge is 1.97. The van der Waals surface area contributed by atoms with E-state index in [0.29, 0.717) is 0 Å². The van der Waals surface area contributed by atoms with Crippen molar-refractivity contribution in [3.05, 3.63) is 59.0 Å². The van der Waals surface area contributed by atoms with Crippen LogP contribution in [-0.4, -0.2) is 16.4 Å². The topological polar surface area (TPSA) is 54.3 Å². The maximum absolute atomic E-state index is 11.5. The summed E-state index contributed by atoms with van der Waals surface area (Å²) in [6.45, 7) is -0.107. The van der Waals surface area contributed by atoms with Gasteiger partial charge in [-0.3, -0.25) is 9.36 Å². The van der Waals surface area contributed by atoms with Crippen molar-refractivity contribution in [3.63, 3.8) is 0 Å². The third-order valence-electron chi connectivity index (χ3n) is 2.25. The van der Waals surface area contributed by atoms with Crippen molar-refractivity contribution in [2.45, 2.75) is 0 Å². The lowest BCUT2D eigenvalue weighted by molar-refractivity contribution is 0.325. The van der Waals surface area contributed by atoms with E-state index < -0.39 is 0 Å². The number of nitrogens with zero attached hydrogens (tertiary/aromatic N) is 1. The molecule has 0 unspecified atom stereocenters. The molecule has 0 atom stereocenters. The van der Waals surface area contributed by atoms with Crippen molar-refractivity contribution in [1.29, 1.82) is 0 Å². The fourth-order valence-electron chi connectivity index (χ4n) is 1.47. The molecule has 0 saturated carbocycles. The molecule has 0 amide bonds. The minimum absolute atomic E-state index is 0.0645. The normalized spacial score (nSPS) is 10.1. The maximum atomic E-state index is 11.5. The number of aliphatic hydroxyl groups is 1. The highest BCUT2D eigenvalue weighted by atomic mass is 16.3. The highest BCUT2D eigenvalue weighted by molar-refractivity contribution is 5.48. The molecule has 0 aliphatic rings. The Bertz CT molecular complexity index is 517. The molecule has 0 aliphatic heterocycles. The molecule has 1 heterocycles. The lowest BCUT2D eigenvalue weighted by Crippen LogP contribution is -2.15. The standard InChI is InChI=1S/C12H12N2O2/c15-9-13-10-4-6-11(7-5-10)14-8-2-1-3-12(14)16/h1-8,13,15H,9H2. The summed E-state index contributed by atoms with van der Waals surface area (Å²) >= 11 is 0. The number of pyridine rings is 1. The van der Waals surface area contributed by atoms with E-state index in [1.54, 1.807) is 22.9 Å². The van der Waals surface area contributed by atoms with Gasteiger partial charge in [0.1, 0.15) is 6.73 Å². The van der Waals surface area contributed by atoms with Gasteiger partial charge >= 0.3 is 0 Å². The minimum atomic E-state index is -0.107. The Kier molecular flexibility index (Phi) is 3.03. The number of aromatic nitrogens is 1. The van der Waals surface area contributed by atoms with Crippen LogP contribution in [0.4, 0.5) is 5.69 Å². The third-order valence-corrected chi connectivity index (χ3v) is 2.25. The molecule has 0 spiro atoms. The second-order valence-corrected chi connectivity index (χ2v) is 3.29. The smallest absolute Gasteiger partial charge is 0.255 e. The van der Waals surface area contributed by atoms with E-state index in [0.717, 1.165) is 11.4 Å². The SMILES string of the molecule is O=c1ccccn1-c1ccc(NCO)cc1. The van der Waals surface area contributed by atoms with Gasteiger partial charge in [-0.1, -0.05) is 6.07 Å². The van der Waals surface area contributed by atoms with E-state index in [1.807, 2.05) is 24.3 Å². The molecule has 16 heavy (non-hydrogen) atoms. The van der Waals surface area contributed by atoms with Gasteiger partial charge in [-0.25, -0.2) is 0 Å². The Morgan fingerprint density at radius 2 is 1.88 bits per heavy atom. The van der Waals surface area contributed by atoms with E-state index >= 15 is 0 Å². The average Bonchev–Trinajstić information content (AvgIpc) is 2.31. The first-order chi connectivity index (χ1) is 7.81. The Morgan fingerprint density at radius 3 is 2.50 bits per heavy atom. The molecule has 1 aromatic heterocycles. The number of rotatable bonds is 3. The molecule has 0 bridgehead atoms. The molecule has 2 N–H and O–H groups in total. The van der Waals surface area contributed by atoms with Crippen molar-refractivity contribution in [2.75, 3.05) is 12.0 Å². The quantitative estimate of drug-likeness (QED) is 0.758. The molecule has 4 nitrogen and oxygen atoms in total. The second kappa shape index (κ2) is 4.63. The number of benzene rings is 1. The van der Waals surface area contributed by atoms with E-state index in [9.17, 15) is 4.79 Å². The number of hydrogen-bond donors (Lipinski definition) is 2. The van der Waals surface area contributed by atoms with Crippen molar-refractivity contribution in [1.82, 2.24) is 4.57 Å². The fraction of sp³-hybridized carbons (Fsp3) is 0.0833. The van der Waals surface area contributed by atoms with Gasteiger partial charge in [-0.2, -0.15) is 0 Å². The first-order valence-corrected chi connectivity index (χ1v) is 4.94. The van der Waals surface area contributed by atoms with Gasteiger partial charge in [-0.05, 0) is 30.3 Å². The summed E-state index contributed by atoms with van der Waals surface area (Å²) in [5, 5.41) is 11.5. The lowest BCUT2D eigenvalue weighted by Gasteiger charge is -2.06. The number of nitrogens with one attached hydrogen (secondary N) is 1. The van der Waals surface area contributed by atoms with E-state index in [-0.39, 0.29) is 12.3 Å². The predicted molar refractivity (Wildman–Crippen MR) is 62.7 cm³/mol. The zero-order valence-electron chi connectivity index (χ0n) is 8.63. The molecular formula is C12H12N2O2. The monoisotopic (exact) mass is 216 g/mol. The van der Waals surface area contributed by atoms with Crippen LogP contribution in [0, 0.1) is 0 Å². The summed E-state index contributed by atoms with van der Waals surface area (Å²) in [5.41, 5.74) is 1.55. The van der Waals surface area contributed by atoms with Gasteiger partial charge in [0.15, 0.2) is 0 Å². The summed E-state index contributed by atoms with van der Waals surface area (Å²) in [6, 6.07) is 12.3. The Balaban J connectivity index is 2.35. The van der Waals surface area contributed by atoms with Crippen LogP contribution in [0.3, 0.4) is 0 Å². The van der Waals surface area contributed by atoms with Crippen LogP contribution < -0.4 is 10.9 Å². The summed E-state index contributed by atoms with van der Waals surface area (Å²) in [6.07, 6.45) is 1.72. The highest BCUT2D eigenvalue weighted by Crippen LogP contribution is 2.11. The van der Waals surface area contributed by atoms with Crippen LogP contribution in [-0.2, 0) is 0 Å². The maximum Gasteiger partial charge on any atom is 0.255 e. The summed E-state index contributed by atoms with van der Waals surface area (Å²) in [5.74, 6) is 0. The van der Waals surface area contributed by atoms with E-state index in [2.05, 4.69) is 5.32 Å². The average molecular weight is 216 g/mol. The molecule has 1 aromatic carbocycles. The van der Waals surface area contributed by atoms with Crippen molar-refractivity contribution in [2.24, 2.45) is 0 Å². The molecule has 0 fully saturated rings. The molecule has 0 radical (unpaired) electrons. The van der Waals surface area contributed by atoms with E-state index in [4.69, 9.17) is 5.11 Å². The predicted octanol–water partition coefficient (Wildman–Crippen LogP) is 1.20. The Labute approximate surface area is 92.8 Å². The third kappa shape index (κ3) is 2.12. The zero-order chi connectivity index (χ0) is 11.4. The molecule has 2 rings (SSSR count). The second-order valence-electron chi connectivity index (χ2n) is 3.29. The number of anilines is 1. The van der Waals surface area contributed by atoms with Gasteiger partial charge in [-0.15, -0.1) is 0 Å². The van der Waals surface area contributed by atoms with Crippen molar-refractivity contribution in [3.8, 4) is 5.69 Å². The van der Waals surface area contributed by atoms with Crippen LogP contribution in [0.15, 0.2) is 53.5 Å². The molecule has 4 heteroatoms.